The molecule has 178 valence electrons. The average Bonchev–Trinajstić information content (AvgIpc) is 3.54. The zero-order valence-electron chi connectivity index (χ0n) is 19.0. The number of thiazole rings is 1. The molecule has 0 radical (unpaired) electrons. The number of amides is 2. The van der Waals surface area contributed by atoms with Gasteiger partial charge in [0.2, 0.25) is 0 Å². The molecule has 0 bridgehead atoms. The van der Waals surface area contributed by atoms with Crippen molar-refractivity contribution in [2.45, 2.75) is 39.0 Å². The van der Waals surface area contributed by atoms with Crippen LogP contribution in [0.5, 0.6) is 0 Å². The number of hydrogen-bond donors (Lipinski definition) is 2. The lowest BCUT2D eigenvalue weighted by Gasteiger charge is -2.34. The molecule has 0 saturated carbocycles. The van der Waals surface area contributed by atoms with Crippen molar-refractivity contribution in [1.29, 1.82) is 0 Å². The van der Waals surface area contributed by atoms with Crippen molar-refractivity contribution in [2.75, 3.05) is 30.8 Å². The number of rotatable bonds is 5. The highest BCUT2D eigenvalue weighted by Crippen LogP contribution is 2.31. The number of nitrogens with one attached hydrogen (secondary N) is 1. The van der Waals surface area contributed by atoms with Crippen molar-refractivity contribution >= 4 is 44.9 Å². The van der Waals surface area contributed by atoms with E-state index in [1.54, 1.807) is 21.7 Å². The molecule has 5 rings (SSSR count). The molecule has 10 heteroatoms. The molecule has 3 aromatic rings. The van der Waals surface area contributed by atoms with Crippen LogP contribution in [0.25, 0.3) is 10.2 Å². The van der Waals surface area contributed by atoms with E-state index in [0.717, 1.165) is 39.7 Å². The summed E-state index contributed by atoms with van der Waals surface area (Å²) in [6, 6.07) is 5.71. The Balaban J connectivity index is 1.40. The number of nitrogens with two attached hydrogens (primary N) is 1. The third kappa shape index (κ3) is 4.48. The van der Waals surface area contributed by atoms with Crippen LogP contribution >= 0.6 is 11.3 Å². The maximum Gasteiger partial charge on any atom is 0.313 e. The number of pyridine rings is 1. The lowest BCUT2D eigenvalue weighted by atomic mass is 9.97. The minimum Gasteiger partial charge on any atom is -0.383 e. The van der Waals surface area contributed by atoms with Gasteiger partial charge in [-0.3, -0.25) is 9.59 Å². The van der Waals surface area contributed by atoms with Gasteiger partial charge in [-0.15, -0.1) is 11.3 Å². The zero-order chi connectivity index (χ0) is 23.7. The molecule has 1 aromatic carbocycles. The first-order valence-corrected chi connectivity index (χ1v) is 12.3. The number of fused-ring (bicyclic) bond motifs is 2. The van der Waals surface area contributed by atoms with E-state index >= 15 is 0 Å². The number of nitrogens with zero attached hydrogens (tertiary/aromatic N) is 3. The van der Waals surface area contributed by atoms with Crippen molar-refractivity contribution in [1.82, 2.24) is 14.9 Å². The van der Waals surface area contributed by atoms with Crippen LogP contribution in [0, 0.1) is 5.92 Å². The van der Waals surface area contributed by atoms with Crippen LogP contribution in [0.1, 0.15) is 42.5 Å². The average molecular weight is 482 g/mol. The van der Waals surface area contributed by atoms with E-state index in [4.69, 9.17) is 15.2 Å². The molecule has 2 aromatic heterocycles. The van der Waals surface area contributed by atoms with E-state index in [-0.39, 0.29) is 12.0 Å². The van der Waals surface area contributed by atoms with Crippen LogP contribution in [-0.4, -0.2) is 46.4 Å². The van der Waals surface area contributed by atoms with Crippen LogP contribution in [0.2, 0.25) is 0 Å². The molecule has 0 spiro atoms. The largest absolute Gasteiger partial charge is 0.383 e. The maximum absolute atomic E-state index is 13.5. The molecule has 2 aliphatic rings. The SMILES string of the molecule is CC(c1ccc2scnc2c1)N(CC1CCOCC1)C(=O)C(=O)Nc1cnc(N)c2c1COC2. The first-order chi connectivity index (χ1) is 16.5. The van der Waals surface area contributed by atoms with Crippen molar-refractivity contribution < 1.29 is 19.1 Å². The Kier molecular flexibility index (Phi) is 6.44. The highest BCUT2D eigenvalue weighted by atomic mass is 32.1. The lowest BCUT2D eigenvalue weighted by molar-refractivity contribution is -0.145. The van der Waals surface area contributed by atoms with Gasteiger partial charge >= 0.3 is 11.8 Å². The highest BCUT2D eigenvalue weighted by molar-refractivity contribution is 7.16. The summed E-state index contributed by atoms with van der Waals surface area (Å²) < 4.78 is 12.0. The normalized spacial score (nSPS) is 16.9. The fourth-order valence-corrected chi connectivity index (χ4v) is 5.20. The number of hydrogen-bond acceptors (Lipinski definition) is 8. The summed E-state index contributed by atoms with van der Waals surface area (Å²) in [6.07, 6.45) is 3.20. The fraction of sp³-hybridized carbons (Fsp3) is 0.417. The molecular weight excluding hydrogens is 454 g/mol. The van der Waals surface area contributed by atoms with E-state index in [1.807, 2.05) is 25.1 Å². The van der Waals surface area contributed by atoms with Gasteiger partial charge in [0.1, 0.15) is 5.82 Å². The Bertz CT molecular complexity index is 1220. The minimum atomic E-state index is -0.700. The lowest BCUT2D eigenvalue weighted by Crippen LogP contribution is -2.44. The second kappa shape index (κ2) is 9.65. The zero-order valence-corrected chi connectivity index (χ0v) is 19.8. The standard InChI is InChI=1S/C24H27N5O4S/c1-14(16-2-3-21-19(8-16)27-13-34-21)29(10-15-4-6-32-7-5-15)24(31)23(30)28-20-9-26-22(25)18-12-33-11-17(18)20/h2-3,8-9,13-15H,4-7,10-12H2,1H3,(H2,25,26)(H,28,30). The van der Waals surface area contributed by atoms with Crippen LogP contribution in [-0.2, 0) is 32.3 Å². The van der Waals surface area contributed by atoms with Crippen LogP contribution in [0.3, 0.4) is 0 Å². The number of carbonyl (C=O) groups is 2. The number of carbonyl (C=O) groups excluding carboxylic acids is 2. The number of anilines is 2. The minimum absolute atomic E-state index is 0.270. The highest BCUT2D eigenvalue weighted by Gasteiger charge is 2.31. The van der Waals surface area contributed by atoms with Crippen molar-refractivity contribution in [3.8, 4) is 0 Å². The van der Waals surface area contributed by atoms with Gasteiger partial charge in [-0.1, -0.05) is 6.07 Å². The third-order valence-electron chi connectivity index (χ3n) is 6.63. The van der Waals surface area contributed by atoms with Crippen LogP contribution in [0.15, 0.2) is 29.9 Å². The summed E-state index contributed by atoms with van der Waals surface area (Å²) in [7, 11) is 0. The van der Waals surface area contributed by atoms with E-state index < -0.39 is 11.8 Å². The van der Waals surface area contributed by atoms with Crippen LogP contribution in [0.4, 0.5) is 11.5 Å². The smallest absolute Gasteiger partial charge is 0.313 e. The molecule has 9 nitrogen and oxygen atoms in total. The molecule has 0 aliphatic carbocycles. The Morgan fingerprint density at radius 1 is 1.21 bits per heavy atom. The summed E-state index contributed by atoms with van der Waals surface area (Å²) in [6.45, 7) is 4.43. The molecule has 2 aliphatic heterocycles. The van der Waals surface area contributed by atoms with Gasteiger partial charge in [-0.2, -0.15) is 0 Å². The van der Waals surface area contributed by atoms with E-state index in [0.29, 0.717) is 44.5 Å². The van der Waals surface area contributed by atoms with Gasteiger partial charge < -0.3 is 25.4 Å². The monoisotopic (exact) mass is 481 g/mol. The van der Waals surface area contributed by atoms with Gasteiger partial charge in [0, 0.05) is 30.9 Å². The van der Waals surface area contributed by atoms with Gasteiger partial charge in [-0.25, -0.2) is 9.97 Å². The number of nitrogen functional groups attached to an aromatic ring is 1. The Hall–Kier alpha value is -3.08. The molecule has 1 atom stereocenters. The first-order valence-electron chi connectivity index (χ1n) is 11.4. The van der Waals surface area contributed by atoms with E-state index in [9.17, 15) is 9.59 Å². The molecule has 1 fully saturated rings. The second-order valence-corrected chi connectivity index (χ2v) is 9.62. The number of aromatic nitrogens is 2. The summed E-state index contributed by atoms with van der Waals surface area (Å²) in [5.74, 6) is -0.632. The first kappa shape index (κ1) is 22.7. The van der Waals surface area contributed by atoms with Gasteiger partial charge in [0.25, 0.3) is 0 Å². The molecular formula is C24H27N5O4S. The molecule has 2 amide bonds. The molecule has 1 saturated heterocycles. The summed E-state index contributed by atoms with van der Waals surface area (Å²) in [4.78, 5) is 36.9. The van der Waals surface area contributed by atoms with E-state index in [1.165, 1.54) is 6.20 Å². The molecule has 4 heterocycles. The molecule has 34 heavy (non-hydrogen) atoms. The second-order valence-electron chi connectivity index (χ2n) is 8.73. The van der Waals surface area contributed by atoms with Gasteiger partial charge in [0.05, 0.1) is 46.9 Å². The topological polar surface area (TPSA) is 120 Å². The van der Waals surface area contributed by atoms with E-state index in [2.05, 4.69) is 15.3 Å². The third-order valence-corrected chi connectivity index (χ3v) is 7.44. The molecule has 1 unspecified atom stereocenters. The summed E-state index contributed by atoms with van der Waals surface area (Å²) >= 11 is 1.57. The van der Waals surface area contributed by atoms with Crippen LogP contribution < -0.4 is 11.1 Å². The molecule has 3 N–H and O–H groups in total. The predicted octanol–water partition coefficient (Wildman–Crippen LogP) is 3.26. The number of benzene rings is 1. The maximum atomic E-state index is 13.5. The summed E-state index contributed by atoms with van der Waals surface area (Å²) in [5.41, 5.74) is 11.6. The van der Waals surface area contributed by atoms with Gasteiger partial charge in [0.15, 0.2) is 0 Å². The van der Waals surface area contributed by atoms with Crippen molar-refractivity contribution in [3.05, 3.63) is 46.6 Å². The Morgan fingerprint density at radius 2 is 2.00 bits per heavy atom. The number of ether oxygens (including phenoxy) is 2. The Labute approximate surface area is 201 Å². The predicted molar refractivity (Wildman–Crippen MR) is 129 cm³/mol. The van der Waals surface area contributed by atoms with Crippen molar-refractivity contribution in [2.24, 2.45) is 5.92 Å². The fourth-order valence-electron chi connectivity index (χ4n) is 4.54. The summed E-state index contributed by atoms with van der Waals surface area (Å²) in [5, 5.41) is 2.76. The van der Waals surface area contributed by atoms with Crippen molar-refractivity contribution in [3.63, 3.8) is 0 Å². The van der Waals surface area contributed by atoms with Gasteiger partial charge in [-0.05, 0) is 43.4 Å². The quantitative estimate of drug-likeness (QED) is 0.537. The Morgan fingerprint density at radius 3 is 2.82 bits per heavy atom.